The average molecular weight is 443 g/mol. The SMILES string of the molecule is Cc1cccc(C(=O)Nc2cccc(C(=O)Nc3cccc(C(F)(F)F)c3)c2)c1[N+](=O)[O-]. The molecule has 7 nitrogen and oxygen atoms in total. The number of carbonyl (C=O) groups excluding carboxylic acids is 2. The van der Waals surface area contributed by atoms with Gasteiger partial charge in [-0.15, -0.1) is 0 Å². The largest absolute Gasteiger partial charge is 0.416 e. The number of para-hydroxylation sites is 1. The van der Waals surface area contributed by atoms with Crippen LogP contribution in [0.15, 0.2) is 66.7 Å². The Hall–Kier alpha value is -4.21. The van der Waals surface area contributed by atoms with Crippen molar-refractivity contribution in [3.8, 4) is 0 Å². The van der Waals surface area contributed by atoms with Gasteiger partial charge in [0.2, 0.25) is 0 Å². The lowest BCUT2D eigenvalue weighted by Gasteiger charge is -2.11. The van der Waals surface area contributed by atoms with Crippen molar-refractivity contribution >= 4 is 28.9 Å². The van der Waals surface area contributed by atoms with Gasteiger partial charge >= 0.3 is 6.18 Å². The molecule has 0 radical (unpaired) electrons. The van der Waals surface area contributed by atoms with Crippen molar-refractivity contribution in [3.05, 3.63) is 99.1 Å². The topological polar surface area (TPSA) is 101 Å². The molecule has 3 aromatic rings. The van der Waals surface area contributed by atoms with Gasteiger partial charge in [0.25, 0.3) is 17.5 Å². The minimum Gasteiger partial charge on any atom is -0.322 e. The monoisotopic (exact) mass is 443 g/mol. The number of nitrogens with zero attached hydrogens (tertiary/aromatic N) is 1. The molecule has 164 valence electrons. The van der Waals surface area contributed by atoms with Gasteiger partial charge < -0.3 is 10.6 Å². The number of alkyl halides is 3. The molecule has 0 heterocycles. The number of hydrogen-bond donors (Lipinski definition) is 2. The Balaban J connectivity index is 1.79. The van der Waals surface area contributed by atoms with E-state index in [0.717, 1.165) is 12.1 Å². The van der Waals surface area contributed by atoms with Gasteiger partial charge in [0.15, 0.2) is 0 Å². The first kappa shape index (κ1) is 22.5. The zero-order valence-corrected chi connectivity index (χ0v) is 16.6. The number of nitro groups is 1. The first-order valence-corrected chi connectivity index (χ1v) is 9.20. The summed E-state index contributed by atoms with van der Waals surface area (Å²) in [6.07, 6.45) is -4.55. The van der Waals surface area contributed by atoms with Crippen LogP contribution in [-0.4, -0.2) is 16.7 Å². The molecule has 10 heteroatoms. The highest BCUT2D eigenvalue weighted by atomic mass is 19.4. The third kappa shape index (κ3) is 5.09. The molecule has 0 aromatic heterocycles. The van der Waals surface area contributed by atoms with Crippen LogP contribution in [0.3, 0.4) is 0 Å². The van der Waals surface area contributed by atoms with Crippen molar-refractivity contribution in [1.82, 2.24) is 0 Å². The van der Waals surface area contributed by atoms with Gasteiger partial charge in [0.05, 0.1) is 10.5 Å². The van der Waals surface area contributed by atoms with Crippen LogP contribution in [0.2, 0.25) is 0 Å². The molecular weight excluding hydrogens is 427 g/mol. The molecule has 0 saturated heterocycles. The number of anilines is 2. The second kappa shape index (κ2) is 8.88. The summed E-state index contributed by atoms with van der Waals surface area (Å²) in [7, 11) is 0. The summed E-state index contributed by atoms with van der Waals surface area (Å²) in [5.74, 6) is -1.43. The van der Waals surface area contributed by atoms with Gasteiger partial charge in [0, 0.05) is 22.5 Å². The van der Waals surface area contributed by atoms with E-state index in [-0.39, 0.29) is 28.2 Å². The summed E-state index contributed by atoms with van der Waals surface area (Å²) >= 11 is 0. The minimum atomic E-state index is -4.55. The fourth-order valence-corrected chi connectivity index (χ4v) is 3.00. The lowest BCUT2D eigenvalue weighted by Crippen LogP contribution is -2.16. The molecule has 0 fully saturated rings. The van der Waals surface area contributed by atoms with Crippen LogP contribution < -0.4 is 10.6 Å². The summed E-state index contributed by atoms with van der Waals surface area (Å²) in [5, 5.41) is 16.2. The smallest absolute Gasteiger partial charge is 0.322 e. The first-order chi connectivity index (χ1) is 15.1. The summed E-state index contributed by atoms with van der Waals surface area (Å²) in [6.45, 7) is 1.51. The summed E-state index contributed by atoms with van der Waals surface area (Å²) in [4.78, 5) is 35.7. The lowest BCUT2D eigenvalue weighted by molar-refractivity contribution is -0.385. The van der Waals surface area contributed by atoms with E-state index in [2.05, 4.69) is 10.6 Å². The molecule has 0 aliphatic rings. The van der Waals surface area contributed by atoms with Crippen LogP contribution in [0.1, 0.15) is 31.8 Å². The summed E-state index contributed by atoms with van der Waals surface area (Å²) in [5.41, 5.74) is -0.860. The first-order valence-electron chi connectivity index (χ1n) is 9.20. The van der Waals surface area contributed by atoms with Gasteiger partial charge in [-0.2, -0.15) is 13.2 Å². The predicted octanol–water partition coefficient (Wildman–Crippen LogP) is 5.43. The number of hydrogen-bond acceptors (Lipinski definition) is 4. The number of carbonyl (C=O) groups is 2. The number of benzene rings is 3. The number of halogens is 3. The molecule has 2 amide bonds. The Kier molecular flexibility index (Phi) is 6.24. The van der Waals surface area contributed by atoms with E-state index < -0.39 is 28.5 Å². The van der Waals surface area contributed by atoms with Gasteiger partial charge in [-0.05, 0) is 49.4 Å². The maximum Gasteiger partial charge on any atom is 0.416 e. The van der Waals surface area contributed by atoms with E-state index in [4.69, 9.17) is 0 Å². The Morgan fingerprint density at radius 2 is 1.47 bits per heavy atom. The van der Waals surface area contributed by atoms with E-state index in [0.29, 0.717) is 5.56 Å². The number of nitrogens with one attached hydrogen (secondary N) is 2. The third-order valence-corrected chi connectivity index (χ3v) is 4.50. The van der Waals surface area contributed by atoms with Crippen LogP contribution in [0, 0.1) is 17.0 Å². The maximum atomic E-state index is 12.9. The molecule has 0 aliphatic heterocycles. The Labute approximate surface area is 180 Å². The molecule has 0 unspecified atom stereocenters. The minimum absolute atomic E-state index is 0.0466. The van der Waals surface area contributed by atoms with Crippen LogP contribution in [0.25, 0.3) is 0 Å². The number of rotatable bonds is 5. The average Bonchev–Trinajstić information content (AvgIpc) is 2.73. The normalized spacial score (nSPS) is 11.0. The molecule has 0 atom stereocenters. The number of aryl methyl sites for hydroxylation is 1. The van der Waals surface area contributed by atoms with Gasteiger partial charge in [-0.3, -0.25) is 19.7 Å². The molecule has 3 aromatic carbocycles. The fraction of sp³-hybridized carbons (Fsp3) is 0.0909. The third-order valence-electron chi connectivity index (χ3n) is 4.50. The zero-order valence-electron chi connectivity index (χ0n) is 16.6. The molecule has 0 bridgehead atoms. The highest BCUT2D eigenvalue weighted by Gasteiger charge is 2.30. The van der Waals surface area contributed by atoms with Crippen molar-refractivity contribution in [2.45, 2.75) is 13.1 Å². The summed E-state index contributed by atoms with van der Waals surface area (Å²) in [6, 6.07) is 14.2. The van der Waals surface area contributed by atoms with E-state index in [1.54, 1.807) is 0 Å². The molecule has 3 rings (SSSR count). The molecule has 0 aliphatic carbocycles. The fourth-order valence-electron chi connectivity index (χ4n) is 3.00. The van der Waals surface area contributed by atoms with E-state index in [1.807, 2.05) is 0 Å². The van der Waals surface area contributed by atoms with Crippen LogP contribution in [0.5, 0.6) is 0 Å². The van der Waals surface area contributed by atoms with Crippen molar-refractivity contribution in [3.63, 3.8) is 0 Å². The van der Waals surface area contributed by atoms with Gasteiger partial charge in [-0.1, -0.05) is 24.3 Å². The van der Waals surface area contributed by atoms with Gasteiger partial charge in [-0.25, -0.2) is 0 Å². The number of nitro benzene ring substituents is 1. The molecule has 0 saturated carbocycles. The van der Waals surface area contributed by atoms with E-state index in [1.165, 1.54) is 61.5 Å². The Morgan fingerprint density at radius 3 is 2.12 bits per heavy atom. The standard InChI is InChI=1S/C22H16F3N3O4/c1-13-5-2-10-18(19(13)28(31)32)21(30)27-16-8-3-6-14(11-16)20(29)26-17-9-4-7-15(12-17)22(23,24)25/h2-12H,1H3,(H,26,29)(H,27,30). The second-order valence-corrected chi connectivity index (χ2v) is 6.80. The van der Waals surface area contributed by atoms with Crippen molar-refractivity contribution < 1.29 is 27.7 Å². The quantitative estimate of drug-likeness (QED) is 0.406. The highest BCUT2D eigenvalue weighted by molar-refractivity contribution is 6.09. The number of amides is 2. The van der Waals surface area contributed by atoms with Crippen LogP contribution >= 0.6 is 0 Å². The second-order valence-electron chi connectivity index (χ2n) is 6.80. The maximum absolute atomic E-state index is 12.9. The van der Waals surface area contributed by atoms with E-state index in [9.17, 15) is 32.9 Å². The summed E-state index contributed by atoms with van der Waals surface area (Å²) < 4.78 is 38.6. The molecule has 32 heavy (non-hydrogen) atoms. The predicted molar refractivity (Wildman–Crippen MR) is 112 cm³/mol. The van der Waals surface area contributed by atoms with Crippen LogP contribution in [0.4, 0.5) is 30.2 Å². The Bertz CT molecular complexity index is 1210. The lowest BCUT2D eigenvalue weighted by atomic mass is 10.1. The highest BCUT2D eigenvalue weighted by Crippen LogP contribution is 2.31. The molecular formula is C22H16F3N3O4. The molecule has 2 N–H and O–H groups in total. The molecule has 0 spiro atoms. The van der Waals surface area contributed by atoms with Crippen molar-refractivity contribution in [1.29, 1.82) is 0 Å². The van der Waals surface area contributed by atoms with Gasteiger partial charge in [0.1, 0.15) is 5.56 Å². The van der Waals surface area contributed by atoms with Crippen LogP contribution in [-0.2, 0) is 6.18 Å². The van der Waals surface area contributed by atoms with E-state index >= 15 is 0 Å². The van der Waals surface area contributed by atoms with Crippen molar-refractivity contribution in [2.24, 2.45) is 0 Å². The Morgan fingerprint density at radius 1 is 0.875 bits per heavy atom. The zero-order chi connectivity index (χ0) is 23.5. The van der Waals surface area contributed by atoms with Crippen molar-refractivity contribution in [2.75, 3.05) is 10.6 Å².